The second-order valence-electron chi connectivity index (χ2n) is 6.51. The van der Waals surface area contributed by atoms with Gasteiger partial charge in [0.15, 0.2) is 0 Å². The molecule has 1 fully saturated rings. The van der Waals surface area contributed by atoms with Crippen LogP contribution in [0, 0.1) is 5.92 Å². The van der Waals surface area contributed by atoms with Gasteiger partial charge >= 0.3 is 151 Å². The number of rotatable bonds is 8. The summed E-state index contributed by atoms with van der Waals surface area (Å²) in [5, 5.41) is 0. The molecule has 1 aliphatic rings. The van der Waals surface area contributed by atoms with Gasteiger partial charge in [0.2, 0.25) is 0 Å². The van der Waals surface area contributed by atoms with Crippen molar-refractivity contribution >= 4 is 31.4 Å². The summed E-state index contributed by atoms with van der Waals surface area (Å²) in [6.07, 6.45) is 3.64. The molecule has 2 amide bonds. The van der Waals surface area contributed by atoms with E-state index in [0.717, 1.165) is 25.7 Å². The van der Waals surface area contributed by atoms with Gasteiger partial charge < -0.3 is 0 Å². The van der Waals surface area contributed by atoms with Crippen molar-refractivity contribution in [2.45, 2.75) is 57.3 Å². The molecule has 0 N–H and O–H groups in total. The van der Waals surface area contributed by atoms with Crippen LogP contribution in [0.25, 0.3) is 0 Å². The molecule has 1 aliphatic heterocycles. The van der Waals surface area contributed by atoms with Crippen LogP contribution in [0.3, 0.4) is 0 Å². The molecule has 1 heterocycles. The summed E-state index contributed by atoms with van der Waals surface area (Å²) in [5.41, 5.74) is 0. The molecule has 1 aromatic carbocycles. The monoisotopic (exact) mass is 397 g/mol. The summed E-state index contributed by atoms with van der Waals surface area (Å²) in [4.78, 5) is 26.5. The quantitative estimate of drug-likeness (QED) is 0.500. The second-order valence-corrected chi connectivity index (χ2v) is 9.19. The van der Waals surface area contributed by atoms with E-state index in [0.29, 0.717) is 6.61 Å². The van der Waals surface area contributed by atoms with E-state index in [1.165, 1.54) is 9.36 Å². The number of hydrogen-bond acceptors (Lipinski definition) is 3. The normalized spacial score (nSPS) is 18.8. The van der Waals surface area contributed by atoms with E-state index >= 15 is 0 Å². The average molecular weight is 396 g/mol. The molecule has 1 aromatic rings. The third-order valence-electron chi connectivity index (χ3n) is 4.28. The number of imide groups is 1. The number of carbonyl (C=O) groups is 2. The molecule has 0 spiro atoms. The van der Waals surface area contributed by atoms with E-state index in [-0.39, 0.29) is 37.6 Å². The van der Waals surface area contributed by atoms with E-state index in [1.54, 1.807) is 0 Å². The molecule has 0 aliphatic carbocycles. The molecule has 4 nitrogen and oxygen atoms in total. The maximum atomic E-state index is 13.1. The first-order valence-corrected chi connectivity index (χ1v) is 10.6. The SMILES string of the molecule is CCCCC[C@H]([Se]c1ccccc1)C(=O)N1C(=O)OC[C@@H]1C(C)C. The van der Waals surface area contributed by atoms with Crippen LogP contribution in [-0.4, -0.2) is 44.5 Å². The van der Waals surface area contributed by atoms with Crippen LogP contribution in [0.5, 0.6) is 0 Å². The number of cyclic esters (lactones) is 1. The Morgan fingerprint density at radius 1 is 1.29 bits per heavy atom. The molecule has 132 valence electrons. The Bertz CT molecular complexity index is 547. The molecule has 2 rings (SSSR count). The number of nitrogens with zero attached hydrogens (tertiary/aromatic N) is 1. The van der Waals surface area contributed by atoms with Crippen LogP contribution < -0.4 is 4.46 Å². The zero-order valence-corrected chi connectivity index (χ0v) is 16.4. The molecule has 2 atom stereocenters. The first kappa shape index (κ1) is 19.0. The van der Waals surface area contributed by atoms with Crippen LogP contribution in [-0.2, 0) is 9.53 Å². The molecule has 1 saturated heterocycles. The third kappa shape index (κ3) is 4.84. The number of amides is 2. The molecule has 0 unspecified atom stereocenters. The van der Waals surface area contributed by atoms with Gasteiger partial charge in [-0.15, -0.1) is 0 Å². The Labute approximate surface area is 151 Å². The van der Waals surface area contributed by atoms with Gasteiger partial charge in [-0.2, -0.15) is 0 Å². The van der Waals surface area contributed by atoms with Crippen LogP contribution in [0.15, 0.2) is 30.3 Å². The van der Waals surface area contributed by atoms with E-state index < -0.39 is 6.09 Å². The summed E-state index contributed by atoms with van der Waals surface area (Å²) < 4.78 is 6.36. The Balaban J connectivity index is 2.14. The Kier molecular flexibility index (Phi) is 7.32. The van der Waals surface area contributed by atoms with Gasteiger partial charge in [0.1, 0.15) is 0 Å². The van der Waals surface area contributed by atoms with Crippen LogP contribution in [0.1, 0.15) is 46.5 Å². The van der Waals surface area contributed by atoms with Crippen molar-refractivity contribution in [3.8, 4) is 0 Å². The van der Waals surface area contributed by atoms with Gasteiger partial charge in [0.25, 0.3) is 0 Å². The fraction of sp³-hybridized carbons (Fsp3) is 0.579. The summed E-state index contributed by atoms with van der Waals surface area (Å²) >= 11 is 0.0243. The van der Waals surface area contributed by atoms with Gasteiger partial charge in [-0.05, 0) is 0 Å². The first-order valence-electron chi connectivity index (χ1n) is 8.76. The van der Waals surface area contributed by atoms with Crippen molar-refractivity contribution in [1.29, 1.82) is 0 Å². The van der Waals surface area contributed by atoms with Crippen molar-refractivity contribution in [1.82, 2.24) is 4.90 Å². The number of ether oxygens (including phenoxy) is 1. The molecule has 0 bridgehead atoms. The number of unbranched alkanes of at least 4 members (excludes halogenated alkanes) is 2. The van der Waals surface area contributed by atoms with E-state index in [1.807, 2.05) is 32.0 Å². The fourth-order valence-electron chi connectivity index (χ4n) is 2.81. The zero-order valence-electron chi connectivity index (χ0n) is 14.7. The Morgan fingerprint density at radius 2 is 2.00 bits per heavy atom. The van der Waals surface area contributed by atoms with Crippen molar-refractivity contribution in [3.05, 3.63) is 30.3 Å². The van der Waals surface area contributed by atoms with Gasteiger partial charge in [-0.25, -0.2) is 0 Å². The van der Waals surface area contributed by atoms with E-state index in [2.05, 4.69) is 19.1 Å². The minimum absolute atomic E-state index is 0.0243. The standard InChI is InChI=1S/C19H27NO3Se/c1-4-5-7-12-17(24-15-10-8-6-9-11-15)18(21)20-16(14(2)3)13-23-19(20)22/h6,8-11,14,16-17H,4-5,7,12-13H2,1-3H3/t16-,17+/m1/s1. The van der Waals surface area contributed by atoms with Gasteiger partial charge in [0.05, 0.1) is 0 Å². The van der Waals surface area contributed by atoms with Crippen molar-refractivity contribution in [2.75, 3.05) is 6.61 Å². The van der Waals surface area contributed by atoms with Crippen molar-refractivity contribution < 1.29 is 14.3 Å². The molecule has 24 heavy (non-hydrogen) atoms. The molecular weight excluding hydrogens is 369 g/mol. The Morgan fingerprint density at radius 3 is 2.62 bits per heavy atom. The number of hydrogen-bond donors (Lipinski definition) is 0. The predicted octanol–water partition coefficient (Wildman–Crippen LogP) is 3.39. The molecule has 0 aromatic heterocycles. The minimum atomic E-state index is -0.469. The van der Waals surface area contributed by atoms with E-state index in [4.69, 9.17) is 4.74 Å². The second kappa shape index (κ2) is 9.24. The zero-order chi connectivity index (χ0) is 17.5. The first-order chi connectivity index (χ1) is 11.5. The van der Waals surface area contributed by atoms with Crippen LogP contribution in [0.2, 0.25) is 4.82 Å². The maximum absolute atomic E-state index is 13.1. The number of benzene rings is 1. The molecular formula is C19H27NO3Se. The number of carbonyl (C=O) groups excluding carboxylic acids is 2. The molecule has 0 saturated carbocycles. The predicted molar refractivity (Wildman–Crippen MR) is 96.5 cm³/mol. The summed E-state index contributed by atoms with van der Waals surface area (Å²) in [6.45, 7) is 6.54. The summed E-state index contributed by atoms with van der Waals surface area (Å²) in [5.74, 6) is 0.164. The van der Waals surface area contributed by atoms with Crippen molar-refractivity contribution in [3.63, 3.8) is 0 Å². The van der Waals surface area contributed by atoms with Gasteiger partial charge in [-0.1, -0.05) is 0 Å². The van der Waals surface area contributed by atoms with Gasteiger partial charge in [-0.3, -0.25) is 0 Å². The average Bonchev–Trinajstić information content (AvgIpc) is 2.96. The van der Waals surface area contributed by atoms with E-state index in [9.17, 15) is 9.59 Å². The molecule has 5 heteroatoms. The summed E-state index contributed by atoms with van der Waals surface area (Å²) in [6, 6.07) is 10.0. The van der Waals surface area contributed by atoms with Gasteiger partial charge in [0, 0.05) is 0 Å². The van der Waals surface area contributed by atoms with Crippen molar-refractivity contribution in [2.24, 2.45) is 5.92 Å². The fourth-order valence-corrected chi connectivity index (χ4v) is 5.21. The molecule has 0 radical (unpaired) electrons. The van der Waals surface area contributed by atoms with Crippen LogP contribution >= 0.6 is 0 Å². The topological polar surface area (TPSA) is 46.6 Å². The Hall–Kier alpha value is -1.32. The third-order valence-corrected chi connectivity index (χ3v) is 6.94. The van der Waals surface area contributed by atoms with Crippen LogP contribution in [0.4, 0.5) is 4.79 Å². The summed E-state index contributed by atoms with van der Waals surface area (Å²) in [7, 11) is 0.